The molecule has 10 heteroatoms. The second-order valence-electron chi connectivity index (χ2n) is 5.20. The Kier molecular flexibility index (Phi) is 4.16. The van der Waals surface area contributed by atoms with Gasteiger partial charge in [0.1, 0.15) is 24.0 Å². The van der Waals surface area contributed by atoms with Gasteiger partial charge < -0.3 is 9.67 Å². The molecule has 1 unspecified atom stereocenters. The SMILES string of the molecule is O=C(O)C1Cn2cnnc2CN1S(=O)(=O)/C=C/c1ccc(F)cc1. The van der Waals surface area contributed by atoms with Crippen molar-refractivity contribution < 1.29 is 22.7 Å². The molecule has 0 aliphatic carbocycles. The van der Waals surface area contributed by atoms with E-state index in [4.69, 9.17) is 0 Å². The quantitative estimate of drug-likeness (QED) is 0.868. The van der Waals surface area contributed by atoms with Crippen molar-refractivity contribution in [3.63, 3.8) is 0 Å². The lowest BCUT2D eigenvalue weighted by Gasteiger charge is -2.30. The molecule has 3 rings (SSSR count). The maximum Gasteiger partial charge on any atom is 0.323 e. The number of aromatic nitrogens is 3. The van der Waals surface area contributed by atoms with Crippen LogP contribution in [-0.4, -0.2) is 44.6 Å². The first kappa shape index (κ1) is 16.3. The second-order valence-corrected chi connectivity index (χ2v) is 6.97. The largest absolute Gasteiger partial charge is 0.480 e. The molecular weight excluding hydrogens is 339 g/mol. The van der Waals surface area contributed by atoms with Crippen LogP contribution in [0.4, 0.5) is 4.39 Å². The van der Waals surface area contributed by atoms with Crippen molar-refractivity contribution in [1.29, 1.82) is 0 Å². The zero-order chi connectivity index (χ0) is 17.3. The molecule has 0 saturated heterocycles. The van der Waals surface area contributed by atoms with E-state index in [2.05, 4.69) is 10.2 Å². The highest BCUT2D eigenvalue weighted by Crippen LogP contribution is 2.21. The molecule has 8 nitrogen and oxygen atoms in total. The third-order valence-electron chi connectivity index (χ3n) is 3.62. The van der Waals surface area contributed by atoms with E-state index in [0.717, 1.165) is 9.71 Å². The average molecular weight is 352 g/mol. The normalized spacial score (nSPS) is 18.6. The first-order chi connectivity index (χ1) is 11.4. The van der Waals surface area contributed by atoms with E-state index in [9.17, 15) is 22.7 Å². The number of benzene rings is 1. The molecule has 1 aliphatic rings. The lowest BCUT2D eigenvalue weighted by Crippen LogP contribution is -2.49. The van der Waals surface area contributed by atoms with E-state index in [1.807, 2.05) is 0 Å². The van der Waals surface area contributed by atoms with Crippen LogP contribution in [0.15, 0.2) is 36.0 Å². The van der Waals surface area contributed by atoms with Crippen LogP contribution < -0.4 is 0 Å². The van der Waals surface area contributed by atoms with Crippen LogP contribution in [-0.2, 0) is 27.9 Å². The summed E-state index contributed by atoms with van der Waals surface area (Å²) in [5.74, 6) is -1.32. The van der Waals surface area contributed by atoms with Gasteiger partial charge in [-0.05, 0) is 23.8 Å². The number of nitrogens with zero attached hydrogens (tertiary/aromatic N) is 4. The Balaban J connectivity index is 1.89. The van der Waals surface area contributed by atoms with Crippen LogP contribution in [0.2, 0.25) is 0 Å². The Bertz CT molecular complexity index is 892. The summed E-state index contributed by atoms with van der Waals surface area (Å²) in [5.41, 5.74) is 0.479. The molecule has 0 radical (unpaired) electrons. The zero-order valence-electron chi connectivity index (χ0n) is 12.3. The molecule has 0 amide bonds. The number of hydrogen-bond acceptors (Lipinski definition) is 5. The molecule has 1 aromatic carbocycles. The number of fused-ring (bicyclic) bond motifs is 1. The van der Waals surface area contributed by atoms with Crippen LogP contribution in [0, 0.1) is 5.82 Å². The fraction of sp³-hybridized carbons (Fsp3) is 0.214. The Hall–Kier alpha value is -2.59. The third kappa shape index (κ3) is 3.19. The summed E-state index contributed by atoms with van der Waals surface area (Å²) in [7, 11) is -4.01. The number of carboxylic acids is 1. The van der Waals surface area contributed by atoms with Crippen molar-refractivity contribution in [3.05, 3.63) is 53.2 Å². The number of halogens is 1. The van der Waals surface area contributed by atoms with Crippen molar-refractivity contribution in [1.82, 2.24) is 19.1 Å². The first-order valence-electron chi connectivity index (χ1n) is 6.92. The summed E-state index contributed by atoms with van der Waals surface area (Å²) in [5, 5.41) is 17.7. The molecule has 0 saturated carbocycles. The number of sulfonamides is 1. The number of carbonyl (C=O) groups is 1. The van der Waals surface area contributed by atoms with E-state index in [1.165, 1.54) is 41.2 Å². The van der Waals surface area contributed by atoms with Crippen LogP contribution in [0.3, 0.4) is 0 Å². The van der Waals surface area contributed by atoms with Crippen molar-refractivity contribution in [2.45, 2.75) is 19.1 Å². The minimum absolute atomic E-state index is 0.0682. The maximum absolute atomic E-state index is 12.9. The van der Waals surface area contributed by atoms with Gasteiger partial charge in [-0.3, -0.25) is 4.79 Å². The summed E-state index contributed by atoms with van der Waals surface area (Å²) in [4.78, 5) is 11.4. The Labute approximate surface area is 136 Å². The van der Waals surface area contributed by atoms with Gasteiger partial charge >= 0.3 is 5.97 Å². The Morgan fingerprint density at radius 3 is 2.71 bits per heavy atom. The van der Waals surface area contributed by atoms with E-state index < -0.39 is 27.9 Å². The molecule has 2 heterocycles. The monoisotopic (exact) mass is 352 g/mol. The van der Waals surface area contributed by atoms with Gasteiger partial charge in [0.05, 0.1) is 13.1 Å². The molecule has 24 heavy (non-hydrogen) atoms. The molecule has 1 aliphatic heterocycles. The minimum Gasteiger partial charge on any atom is -0.480 e. The standard InChI is InChI=1S/C14H13FN4O4S/c15-11-3-1-10(2-4-11)5-6-24(22,23)19-8-13-17-16-9-18(13)7-12(19)14(20)21/h1-6,9,12H,7-8H2,(H,20,21)/b6-5+. The van der Waals surface area contributed by atoms with Gasteiger partial charge in [-0.25, -0.2) is 12.8 Å². The predicted molar refractivity (Wildman–Crippen MR) is 81.3 cm³/mol. The predicted octanol–water partition coefficient (Wildman–Crippen LogP) is 0.687. The molecule has 1 N–H and O–H groups in total. The molecule has 2 aromatic rings. The number of rotatable bonds is 4. The summed E-state index contributed by atoms with van der Waals surface area (Å²) in [6, 6.07) is 3.99. The second kappa shape index (κ2) is 6.13. The van der Waals surface area contributed by atoms with Gasteiger partial charge in [-0.2, -0.15) is 4.31 Å². The van der Waals surface area contributed by atoms with Crippen molar-refractivity contribution in [2.75, 3.05) is 0 Å². The van der Waals surface area contributed by atoms with Crippen LogP contribution in [0.5, 0.6) is 0 Å². The highest BCUT2D eigenvalue weighted by molar-refractivity contribution is 7.92. The molecule has 126 valence electrons. The van der Waals surface area contributed by atoms with Gasteiger partial charge in [0.25, 0.3) is 0 Å². The van der Waals surface area contributed by atoms with Crippen LogP contribution in [0.25, 0.3) is 6.08 Å². The lowest BCUT2D eigenvalue weighted by atomic mass is 10.2. The molecule has 0 bridgehead atoms. The van der Waals surface area contributed by atoms with E-state index in [1.54, 1.807) is 0 Å². The topological polar surface area (TPSA) is 105 Å². The van der Waals surface area contributed by atoms with Crippen molar-refractivity contribution in [3.8, 4) is 0 Å². The summed E-state index contributed by atoms with van der Waals surface area (Å²) in [6.45, 7) is -0.256. The highest BCUT2D eigenvalue weighted by atomic mass is 32.2. The first-order valence-corrected chi connectivity index (χ1v) is 8.42. The molecule has 0 spiro atoms. The van der Waals surface area contributed by atoms with E-state index in [0.29, 0.717) is 11.4 Å². The molecule has 1 atom stereocenters. The number of hydrogen-bond donors (Lipinski definition) is 1. The highest BCUT2D eigenvalue weighted by Gasteiger charge is 2.38. The van der Waals surface area contributed by atoms with Gasteiger partial charge in [0.2, 0.25) is 10.0 Å². The van der Waals surface area contributed by atoms with Gasteiger partial charge in [0, 0.05) is 5.41 Å². The molecule has 0 fully saturated rings. The van der Waals surface area contributed by atoms with E-state index >= 15 is 0 Å². The summed E-state index contributed by atoms with van der Waals surface area (Å²) < 4.78 is 40.3. The van der Waals surface area contributed by atoms with Crippen LogP contribution >= 0.6 is 0 Å². The van der Waals surface area contributed by atoms with Gasteiger partial charge in [-0.15, -0.1) is 10.2 Å². The van der Waals surface area contributed by atoms with Crippen molar-refractivity contribution >= 4 is 22.1 Å². The zero-order valence-corrected chi connectivity index (χ0v) is 13.1. The smallest absolute Gasteiger partial charge is 0.323 e. The van der Waals surface area contributed by atoms with Crippen LogP contribution in [0.1, 0.15) is 11.4 Å². The fourth-order valence-electron chi connectivity index (χ4n) is 2.37. The van der Waals surface area contributed by atoms with Gasteiger partial charge in [-0.1, -0.05) is 12.1 Å². The Morgan fingerprint density at radius 1 is 1.33 bits per heavy atom. The number of carboxylic acid groups (broad SMARTS) is 1. The lowest BCUT2D eigenvalue weighted by molar-refractivity contribution is -0.142. The Morgan fingerprint density at radius 2 is 2.04 bits per heavy atom. The fourth-order valence-corrected chi connectivity index (χ4v) is 3.66. The summed E-state index contributed by atoms with van der Waals surface area (Å²) in [6.07, 6.45) is 2.65. The minimum atomic E-state index is -4.01. The maximum atomic E-state index is 12.9. The van der Waals surface area contributed by atoms with Gasteiger partial charge in [0.15, 0.2) is 0 Å². The summed E-state index contributed by atoms with van der Waals surface area (Å²) >= 11 is 0. The van der Waals surface area contributed by atoms with Crippen molar-refractivity contribution in [2.24, 2.45) is 0 Å². The molecule has 1 aromatic heterocycles. The average Bonchev–Trinajstić information content (AvgIpc) is 3.00. The van der Waals surface area contributed by atoms with E-state index in [-0.39, 0.29) is 13.1 Å². The molecular formula is C14H13FN4O4S. The number of aliphatic carboxylic acids is 1. The third-order valence-corrected chi connectivity index (χ3v) is 5.14.